The molecule has 10 heteroatoms. The van der Waals surface area contributed by atoms with Gasteiger partial charge in [0.1, 0.15) is 17.3 Å². The lowest BCUT2D eigenvalue weighted by atomic mass is 10.1. The Morgan fingerprint density at radius 2 is 1.80 bits per heavy atom. The highest BCUT2D eigenvalue weighted by Crippen LogP contribution is 2.30. The van der Waals surface area contributed by atoms with Gasteiger partial charge in [-0.05, 0) is 79.7 Å². The number of benzene rings is 3. The normalized spacial score (nSPS) is 13.5. The number of rotatable bonds is 7. The second-order valence-electron chi connectivity index (χ2n) is 8.80. The number of hydrogen-bond donors (Lipinski definition) is 2. The number of nitrogens with zero attached hydrogens (tertiary/aromatic N) is 2. The van der Waals surface area contributed by atoms with E-state index in [4.69, 9.17) is 25.9 Å². The zero-order valence-electron chi connectivity index (χ0n) is 21.3. The Balaban J connectivity index is 0.00000387. The number of furan rings is 1. The van der Waals surface area contributed by atoms with Crippen molar-refractivity contribution in [1.29, 1.82) is 0 Å². The van der Waals surface area contributed by atoms with Crippen molar-refractivity contribution in [3.05, 3.63) is 106 Å². The first-order valence-electron chi connectivity index (χ1n) is 12.0. The molecule has 0 bridgehead atoms. The van der Waals surface area contributed by atoms with Crippen molar-refractivity contribution in [3.63, 3.8) is 0 Å². The Kier molecular flexibility index (Phi) is 8.40. The van der Waals surface area contributed by atoms with E-state index in [1.54, 1.807) is 74.7 Å². The van der Waals surface area contributed by atoms with Gasteiger partial charge in [-0.1, -0.05) is 25.1 Å². The molecule has 2 heterocycles. The summed E-state index contributed by atoms with van der Waals surface area (Å²) in [4.78, 5) is 37.2. The Labute approximate surface area is 241 Å². The molecule has 3 aromatic carbocycles. The van der Waals surface area contributed by atoms with Crippen molar-refractivity contribution < 1.29 is 28.6 Å². The smallest absolute Gasteiger partial charge is 0.335 e. The summed E-state index contributed by atoms with van der Waals surface area (Å²) in [7, 11) is 1.54. The van der Waals surface area contributed by atoms with Gasteiger partial charge in [0.2, 0.25) is 0 Å². The van der Waals surface area contributed by atoms with Gasteiger partial charge < -0.3 is 19.6 Å². The van der Waals surface area contributed by atoms with Gasteiger partial charge in [-0.25, -0.2) is 4.79 Å². The number of carboxylic acid groups (broad SMARTS) is 1. The molecule has 0 saturated heterocycles. The van der Waals surface area contributed by atoms with Crippen LogP contribution in [0.5, 0.6) is 5.75 Å². The zero-order chi connectivity index (χ0) is 28.4. The number of ether oxygens (including phenoxy) is 1. The SMILES string of the molecule is C.COc1cccc(NC(=O)c2cc(-c3ccc(/C=C4\C(=O)N(c5ccc(C(=O)O)cc5)N=C4C)o3)ccc2Cl)c1. The van der Waals surface area contributed by atoms with Crippen LogP contribution in [0.1, 0.15) is 40.8 Å². The molecular weight excluding hydrogens is 546 g/mol. The van der Waals surface area contributed by atoms with E-state index in [9.17, 15) is 14.4 Å². The van der Waals surface area contributed by atoms with Crippen LogP contribution in [0.4, 0.5) is 11.4 Å². The maximum atomic E-state index is 13.1. The fourth-order valence-electron chi connectivity index (χ4n) is 4.08. The van der Waals surface area contributed by atoms with E-state index in [0.29, 0.717) is 45.5 Å². The molecule has 208 valence electrons. The number of hydrogen-bond acceptors (Lipinski definition) is 6. The molecule has 5 rings (SSSR count). The first-order chi connectivity index (χ1) is 19.2. The highest BCUT2D eigenvalue weighted by atomic mass is 35.5. The Morgan fingerprint density at radius 3 is 2.51 bits per heavy atom. The van der Waals surface area contributed by atoms with E-state index in [1.807, 2.05) is 0 Å². The lowest BCUT2D eigenvalue weighted by Crippen LogP contribution is -2.21. The molecule has 41 heavy (non-hydrogen) atoms. The first kappa shape index (κ1) is 28.8. The average molecular weight is 572 g/mol. The molecular formula is C31H26ClN3O6. The zero-order valence-corrected chi connectivity index (χ0v) is 22.1. The summed E-state index contributed by atoms with van der Waals surface area (Å²) >= 11 is 6.33. The predicted molar refractivity (Wildman–Crippen MR) is 159 cm³/mol. The van der Waals surface area contributed by atoms with Gasteiger partial charge in [-0.3, -0.25) is 9.59 Å². The van der Waals surface area contributed by atoms with E-state index >= 15 is 0 Å². The van der Waals surface area contributed by atoms with E-state index in [2.05, 4.69) is 10.4 Å². The molecule has 0 spiro atoms. The van der Waals surface area contributed by atoms with Crippen molar-refractivity contribution in [3.8, 4) is 17.1 Å². The van der Waals surface area contributed by atoms with Gasteiger partial charge in [0, 0.05) is 17.3 Å². The van der Waals surface area contributed by atoms with E-state index in [-0.39, 0.29) is 29.5 Å². The molecule has 0 aliphatic carbocycles. The summed E-state index contributed by atoms with van der Waals surface area (Å²) in [5.41, 5.74) is 2.80. The molecule has 1 aliphatic rings. The van der Waals surface area contributed by atoms with Crippen LogP contribution < -0.4 is 15.1 Å². The average Bonchev–Trinajstić information content (AvgIpc) is 3.53. The van der Waals surface area contributed by atoms with Crippen LogP contribution >= 0.6 is 11.6 Å². The minimum absolute atomic E-state index is 0. The largest absolute Gasteiger partial charge is 0.497 e. The molecule has 9 nitrogen and oxygen atoms in total. The third-order valence-electron chi connectivity index (χ3n) is 6.16. The third kappa shape index (κ3) is 6.05. The first-order valence-corrected chi connectivity index (χ1v) is 12.4. The maximum Gasteiger partial charge on any atom is 0.335 e. The van der Waals surface area contributed by atoms with Crippen LogP contribution in [0.25, 0.3) is 17.4 Å². The lowest BCUT2D eigenvalue weighted by Gasteiger charge is -2.11. The van der Waals surface area contributed by atoms with Crippen molar-refractivity contribution >= 4 is 52.5 Å². The number of carbonyl (C=O) groups excluding carboxylic acids is 2. The number of methoxy groups -OCH3 is 1. The number of hydrazone groups is 1. The molecule has 1 aromatic heterocycles. The van der Waals surface area contributed by atoms with E-state index in [0.717, 1.165) is 0 Å². The van der Waals surface area contributed by atoms with Gasteiger partial charge in [0.05, 0.1) is 40.2 Å². The van der Waals surface area contributed by atoms with Crippen LogP contribution in [0.15, 0.2) is 94.0 Å². The van der Waals surface area contributed by atoms with Gasteiger partial charge in [-0.15, -0.1) is 0 Å². The molecule has 0 fully saturated rings. The fraction of sp³-hybridized carbons (Fsp3) is 0.0968. The summed E-state index contributed by atoms with van der Waals surface area (Å²) in [6, 6.07) is 21.3. The summed E-state index contributed by atoms with van der Waals surface area (Å²) < 4.78 is 11.2. The summed E-state index contributed by atoms with van der Waals surface area (Å²) in [6.45, 7) is 1.70. The second kappa shape index (κ2) is 11.9. The number of carbonyl (C=O) groups is 3. The Hall–Kier alpha value is -5.15. The minimum Gasteiger partial charge on any atom is -0.497 e. The van der Waals surface area contributed by atoms with Gasteiger partial charge in [-0.2, -0.15) is 10.1 Å². The van der Waals surface area contributed by atoms with Crippen molar-refractivity contribution in [1.82, 2.24) is 0 Å². The Morgan fingerprint density at radius 1 is 1.05 bits per heavy atom. The number of carboxylic acids is 1. The summed E-state index contributed by atoms with van der Waals surface area (Å²) in [5.74, 6) is -0.336. The van der Waals surface area contributed by atoms with Crippen LogP contribution in [0.2, 0.25) is 5.02 Å². The maximum absolute atomic E-state index is 13.1. The van der Waals surface area contributed by atoms with Crippen LogP contribution in [0.3, 0.4) is 0 Å². The van der Waals surface area contributed by atoms with Crippen LogP contribution in [-0.2, 0) is 4.79 Å². The molecule has 0 saturated carbocycles. The molecule has 2 amide bonds. The molecule has 0 radical (unpaired) electrons. The third-order valence-corrected chi connectivity index (χ3v) is 6.49. The van der Waals surface area contributed by atoms with Crippen molar-refractivity contribution in [2.24, 2.45) is 5.10 Å². The summed E-state index contributed by atoms with van der Waals surface area (Å²) in [5, 5.41) is 17.7. The van der Waals surface area contributed by atoms with Crippen LogP contribution in [0, 0.1) is 0 Å². The number of anilines is 2. The van der Waals surface area contributed by atoms with E-state index in [1.165, 1.54) is 29.3 Å². The van der Waals surface area contributed by atoms with Gasteiger partial charge in [0.25, 0.3) is 11.8 Å². The number of halogens is 1. The highest BCUT2D eigenvalue weighted by molar-refractivity contribution is 6.34. The van der Waals surface area contributed by atoms with Crippen molar-refractivity contribution in [2.75, 3.05) is 17.4 Å². The molecule has 2 N–H and O–H groups in total. The van der Waals surface area contributed by atoms with Crippen LogP contribution in [-0.4, -0.2) is 35.7 Å². The second-order valence-corrected chi connectivity index (χ2v) is 9.20. The molecule has 0 unspecified atom stereocenters. The lowest BCUT2D eigenvalue weighted by molar-refractivity contribution is -0.114. The number of amides is 2. The highest BCUT2D eigenvalue weighted by Gasteiger charge is 2.29. The van der Waals surface area contributed by atoms with Gasteiger partial charge in [0.15, 0.2) is 0 Å². The monoisotopic (exact) mass is 571 g/mol. The number of aromatic carboxylic acids is 1. The standard InChI is InChI=1S/C30H22ClN3O6.CH4/c1-17-24(29(36)34(33-17)21-9-6-18(7-10-21)30(37)38)16-23-11-13-27(40-23)19-8-12-26(31)25(14-19)28(35)32-20-4-3-5-22(15-20)39-2;/h3-16H,1-2H3,(H,32,35)(H,37,38);1H4/b24-16-;. The summed E-state index contributed by atoms with van der Waals surface area (Å²) in [6.07, 6.45) is 1.59. The quantitative estimate of drug-likeness (QED) is 0.230. The van der Waals surface area contributed by atoms with Crippen molar-refractivity contribution in [2.45, 2.75) is 14.4 Å². The topological polar surface area (TPSA) is 121 Å². The van der Waals surface area contributed by atoms with E-state index < -0.39 is 11.9 Å². The fourth-order valence-corrected chi connectivity index (χ4v) is 4.29. The molecule has 0 atom stereocenters. The van der Waals surface area contributed by atoms with Gasteiger partial charge >= 0.3 is 5.97 Å². The minimum atomic E-state index is -1.06. The number of nitrogens with one attached hydrogen (secondary N) is 1. The molecule has 1 aliphatic heterocycles. The predicted octanol–water partition coefficient (Wildman–Crippen LogP) is 7.00. The molecule has 4 aromatic rings. The Bertz CT molecular complexity index is 1710.